The number of aldehydes is 1. The molecule has 0 heterocycles. The van der Waals surface area contributed by atoms with Crippen molar-refractivity contribution in [2.24, 2.45) is 0 Å². The van der Waals surface area contributed by atoms with E-state index in [2.05, 4.69) is 15.9 Å². The van der Waals surface area contributed by atoms with Crippen molar-refractivity contribution in [3.8, 4) is 0 Å². The molecule has 5 heteroatoms. The van der Waals surface area contributed by atoms with Crippen molar-refractivity contribution in [1.82, 2.24) is 0 Å². The molecule has 0 radical (unpaired) electrons. The average molecular weight is 293 g/mol. The van der Waals surface area contributed by atoms with Gasteiger partial charge in [-0.2, -0.15) is 0 Å². The van der Waals surface area contributed by atoms with E-state index in [1.54, 1.807) is 0 Å². The first-order chi connectivity index (χ1) is 6.79. The highest BCUT2D eigenvalue weighted by Crippen LogP contribution is 2.20. The van der Waals surface area contributed by atoms with Gasteiger partial charge < -0.3 is 0 Å². The Bertz CT molecular complexity index is 413. The minimum atomic E-state index is -1.97. The molecular formula is C10H11BrF2OSi. The summed E-state index contributed by atoms with van der Waals surface area (Å²) >= 11 is 3.18. The summed E-state index contributed by atoms with van der Waals surface area (Å²) < 4.78 is 27.5. The average Bonchev–Trinajstić information content (AvgIpc) is 2.09. The van der Waals surface area contributed by atoms with Crippen molar-refractivity contribution in [2.75, 3.05) is 0 Å². The van der Waals surface area contributed by atoms with Gasteiger partial charge in [-0.25, -0.2) is 8.78 Å². The van der Waals surface area contributed by atoms with Crippen molar-refractivity contribution in [1.29, 1.82) is 0 Å². The van der Waals surface area contributed by atoms with Crippen molar-refractivity contribution >= 4 is 35.5 Å². The van der Waals surface area contributed by atoms with E-state index < -0.39 is 19.7 Å². The van der Waals surface area contributed by atoms with Crippen LogP contribution >= 0.6 is 15.9 Å². The lowest BCUT2D eigenvalue weighted by Gasteiger charge is -2.20. The fourth-order valence-corrected chi connectivity index (χ4v) is 5.15. The third kappa shape index (κ3) is 2.34. The van der Waals surface area contributed by atoms with Crippen LogP contribution in [0.5, 0.6) is 0 Å². The van der Waals surface area contributed by atoms with Crippen LogP contribution in [0.25, 0.3) is 0 Å². The summed E-state index contributed by atoms with van der Waals surface area (Å²) in [5, 5.41) is 0.380. The molecule has 1 rings (SSSR count). The zero-order chi connectivity index (χ0) is 11.8. The van der Waals surface area contributed by atoms with Crippen LogP contribution in [-0.2, 0) is 0 Å². The van der Waals surface area contributed by atoms with Gasteiger partial charge in [0, 0.05) is 4.47 Å². The van der Waals surface area contributed by atoms with Gasteiger partial charge in [0.1, 0.15) is 0 Å². The largest absolute Gasteiger partial charge is 0.298 e. The first-order valence-electron chi connectivity index (χ1n) is 4.42. The van der Waals surface area contributed by atoms with Crippen LogP contribution in [0.3, 0.4) is 0 Å². The van der Waals surface area contributed by atoms with Crippen molar-refractivity contribution in [2.45, 2.75) is 19.6 Å². The van der Waals surface area contributed by atoms with Crippen molar-refractivity contribution < 1.29 is 13.6 Å². The van der Waals surface area contributed by atoms with Crippen LogP contribution in [0.15, 0.2) is 10.5 Å². The zero-order valence-corrected chi connectivity index (χ0v) is 11.3. The summed E-state index contributed by atoms with van der Waals surface area (Å²) in [6.45, 7) is 5.74. The number of carbonyl (C=O) groups excluding carboxylic acids is 1. The number of benzene rings is 1. The number of carbonyl (C=O) groups is 1. The maximum absolute atomic E-state index is 13.7. The summed E-state index contributed by atoms with van der Waals surface area (Å²) in [5.41, 5.74) is -0.249. The number of hydrogen-bond donors (Lipinski definition) is 0. The number of halogens is 3. The molecule has 0 aliphatic heterocycles. The van der Waals surface area contributed by atoms with Crippen molar-refractivity contribution in [3.63, 3.8) is 0 Å². The first kappa shape index (κ1) is 12.5. The van der Waals surface area contributed by atoms with Gasteiger partial charge in [0.25, 0.3) is 0 Å². The van der Waals surface area contributed by atoms with Gasteiger partial charge >= 0.3 is 0 Å². The summed E-state index contributed by atoms with van der Waals surface area (Å²) in [5.74, 6) is -1.95. The fourth-order valence-electron chi connectivity index (χ4n) is 1.39. The highest BCUT2D eigenvalue weighted by atomic mass is 79.9. The predicted octanol–water partition coefficient (Wildman–Crippen LogP) is 3.09. The Balaban J connectivity index is 3.57. The van der Waals surface area contributed by atoms with E-state index in [-0.39, 0.29) is 5.56 Å². The van der Waals surface area contributed by atoms with Gasteiger partial charge in [-0.1, -0.05) is 35.6 Å². The normalized spacial score (nSPS) is 11.6. The molecule has 0 bridgehead atoms. The summed E-state index contributed by atoms with van der Waals surface area (Å²) in [6.07, 6.45) is 0.317. The third-order valence-corrected chi connectivity index (χ3v) is 5.04. The van der Waals surface area contributed by atoms with Gasteiger partial charge in [0.2, 0.25) is 0 Å². The standard InChI is InChI=1S/C10H11BrF2OSi/c1-15(2,3)10-7(11)4-6(5-14)8(12)9(10)13/h4-5H,1-3H3. The van der Waals surface area contributed by atoms with E-state index in [1.807, 2.05) is 19.6 Å². The van der Waals surface area contributed by atoms with Crippen molar-refractivity contribution in [3.05, 3.63) is 27.7 Å². The molecule has 0 fully saturated rings. The lowest BCUT2D eigenvalue weighted by atomic mass is 10.2. The Morgan fingerprint density at radius 2 is 1.80 bits per heavy atom. The van der Waals surface area contributed by atoms with E-state index >= 15 is 0 Å². The molecule has 0 saturated carbocycles. The van der Waals surface area contributed by atoms with Gasteiger partial charge in [0.05, 0.1) is 13.6 Å². The Labute approximate surface area is 96.6 Å². The maximum atomic E-state index is 13.7. The van der Waals surface area contributed by atoms with Crippen LogP contribution in [0.2, 0.25) is 19.6 Å². The SMILES string of the molecule is C[Si](C)(C)c1c(Br)cc(C=O)c(F)c1F. The second-order valence-corrected chi connectivity index (χ2v) is 10.2. The minimum Gasteiger partial charge on any atom is -0.298 e. The van der Waals surface area contributed by atoms with E-state index in [0.29, 0.717) is 15.9 Å². The molecule has 0 saturated heterocycles. The molecule has 1 nitrogen and oxygen atoms in total. The highest BCUT2D eigenvalue weighted by molar-refractivity contribution is 9.10. The van der Waals surface area contributed by atoms with Crippen LogP contribution in [0.1, 0.15) is 10.4 Å². The summed E-state index contributed by atoms with van der Waals surface area (Å²) in [6, 6.07) is 1.33. The second kappa shape index (κ2) is 4.13. The van der Waals surface area contributed by atoms with E-state index in [0.717, 1.165) is 0 Å². The molecule has 0 aromatic heterocycles. The first-order valence-corrected chi connectivity index (χ1v) is 8.71. The monoisotopic (exact) mass is 292 g/mol. The minimum absolute atomic E-state index is 0.249. The van der Waals surface area contributed by atoms with Crippen LogP contribution in [-0.4, -0.2) is 14.4 Å². The lowest BCUT2D eigenvalue weighted by molar-refractivity contribution is 0.111. The Morgan fingerprint density at radius 1 is 1.27 bits per heavy atom. The molecule has 0 unspecified atom stereocenters. The molecule has 82 valence electrons. The summed E-state index contributed by atoms with van der Waals surface area (Å²) in [7, 11) is -1.97. The topological polar surface area (TPSA) is 17.1 Å². The molecule has 0 atom stereocenters. The van der Waals surface area contributed by atoms with Crippen LogP contribution in [0, 0.1) is 11.6 Å². The molecule has 0 aliphatic carbocycles. The molecule has 0 N–H and O–H groups in total. The predicted molar refractivity (Wildman–Crippen MR) is 62.4 cm³/mol. The van der Waals surface area contributed by atoms with Gasteiger partial charge in [0.15, 0.2) is 17.9 Å². The second-order valence-electron chi connectivity index (χ2n) is 4.32. The Morgan fingerprint density at radius 3 is 2.20 bits per heavy atom. The summed E-state index contributed by atoms with van der Waals surface area (Å²) in [4.78, 5) is 10.5. The maximum Gasteiger partial charge on any atom is 0.169 e. The zero-order valence-electron chi connectivity index (χ0n) is 8.70. The van der Waals surface area contributed by atoms with E-state index in [9.17, 15) is 13.6 Å². The molecule has 1 aromatic carbocycles. The highest BCUT2D eigenvalue weighted by Gasteiger charge is 2.27. The molecule has 0 amide bonds. The smallest absolute Gasteiger partial charge is 0.169 e. The molecule has 0 aliphatic rings. The Kier molecular flexibility index (Phi) is 3.45. The third-order valence-electron chi connectivity index (χ3n) is 2.06. The molecule has 1 aromatic rings. The van der Waals surface area contributed by atoms with Gasteiger partial charge in [-0.15, -0.1) is 0 Å². The van der Waals surface area contributed by atoms with Gasteiger partial charge in [-0.05, 0) is 11.3 Å². The molecular weight excluding hydrogens is 282 g/mol. The molecule has 15 heavy (non-hydrogen) atoms. The number of rotatable bonds is 2. The quantitative estimate of drug-likeness (QED) is 0.465. The molecule has 0 spiro atoms. The van der Waals surface area contributed by atoms with Crippen LogP contribution < -0.4 is 5.19 Å². The lowest BCUT2D eigenvalue weighted by Crippen LogP contribution is -2.42. The Hall–Kier alpha value is -0.553. The van der Waals surface area contributed by atoms with Crippen LogP contribution in [0.4, 0.5) is 8.78 Å². The van der Waals surface area contributed by atoms with E-state index in [1.165, 1.54) is 6.07 Å². The number of hydrogen-bond acceptors (Lipinski definition) is 1. The van der Waals surface area contributed by atoms with E-state index in [4.69, 9.17) is 0 Å². The fraction of sp³-hybridized carbons (Fsp3) is 0.300. The van der Waals surface area contributed by atoms with Gasteiger partial charge in [-0.3, -0.25) is 4.79 Å².